The van der Waals surface area contributed by atoms with Crippen LogP contribution < -0.4 is 10.1 Å². The number of halogens is 1. The van der Waals surface area contributed by atoms with Crippen molar-refractivity contribution in [1.82, 2.24) is 20.2 Å². The Hall–Kier alpha value is -2.74. The minimum absolute atomic E-state index is 0.201. The molecule has 0 amide bonds. The Morgan fingerprint density at radius 2 is 2.16 bits per heavy atom. The molecule has 3 aromatic heterocycles. The molecule has 4 aromatic rings. The van der Waals surface area contributed by atoms with Crippen molar-refractivity contribution in [3.63, 3.8) is 0 Å². The molecule has 0 radical (unpaired) electrons. The van der Waals surface area contributed by atoms with Crippen LogP contribution in [0.15, 0.2) is 18.3 Å². The van der Waals surface area contributed by atoms with Gasteiger partial charge in [0.15, 0.2) is 16.7 Å². The molecule has 128 valence electrons. The Morgan fingerprint density at radius 1 is 1.32 bits per heavy atom. The van der Waals surface area contributed by atoms with E-state index >= 15 is 0 Å². The van der Waals surface area contributed by atoms with Gasteiger partial charge in [0.25, 0.3) is 0 Å². The zero-order valence-electron chi connectivity index (χ0n) is 14.0. The van der Waals surface area contributed by atoms with Crippen LogP contribution in [0.1, 0.15) is 12.5 Å². The van der Waals surface area contributed by atoms with E-state index < -0.39 is 5.82 Å². The number of aromatic nitrogens is 4. The maximum Gasteiger partial charge on any atom is 0.185 e. The van der Waals surface area contributed by atoms with Gasteiger partial charge in [-0.1, -0.05) is 11.3 Å². The van der Waals surface area contributed by atoms with Crippen molar-refractivity contribution >= 4 is 37.7 Å². The number of hydrogen-bond acceptors (Lipinski definition) is 6. The van der Waals surface area contributed by atoms with Crippen LogP contribution in [0.4, 0.5) is 9.52 Å². The summed E-state index contributed by atoms with van der Waals surface area (Å²) in [4.78, 5) is 9.92. The Morgan fingerprint density at radius 3 is 2.92 bits per heavy atom. The van der Waals surface area contributed by atoms with Gasteiger partial charge in [0.1, 0.15) is 15.9 Å². The van der Waals surface area contributed by atoms with Gasteiger partial charge in [0, 0.05) is 18.0 Å². The molecule has 2 N–H and O–H groups in total. The quantitative estimate of drug-likeness (QED) is 0.574. The monoisotopic (exact) mass is 357 g/mol. The molecule has 0 unspecified atom stereocenters. The van der Waals surface area contributed by atoms with Crippen LogP contribution in [-0.4, -0.2) is 33.8 Å². The van der Waals surface area contributed by atoms with E-state index in [9.17, 15) is 4.39 Å². The summed E-state index contributed by atoms with van der Waals surface area (Å²) in [6, 6.07) is 3.75. The number of pyridine rings is 1. The van der Waals surface area contributed by atoms with Crippen LogP contribution in [0.5, 0.6) is 5.75 Å². The molecule has 4 rings (SSSR count). The van der Waals surface area contributed by atoms with Crippen molar-refractivity contribution in [3.05, 3.63) is 29.7 Å². The predicted molar refractivity (Wildman–Crippen MR) is 97.9 cm³/mol. The number of anilines is 1. The molecule has 0 saturated carbocycles. The van der Waals surface area contributed by atoms with Crippen molar-refractivity contribution in [2.75, 3.05) is 19.0 Å². The summed E-state index contributed by atoms with van der Waals surface area (Å²) >= 11 is 1.46. The van der Waals surface area contributed by atoms with Gasteiger partial charge in [-0.05, 0) is 31.5 Å². The zero-order valence-corrected chi connectivity index (χ0v) is 14.8. The van der Waals surface area contributed by atoms with Crippen LogP contribution in [0, 0.1) is 12.7 Å². The number of benzene rings is 1. The molecule has 25 heavy (non-hydrogen) atoms. The Labute approximate surface area is 147 Å². The van der Waals surface area contributed by atoms with E-state index in [1.807, 2.05) is 26.1 Å². The third-order valence-corrected chi connectivity index (χ3v) is 5.04. The first-order valence-electron chi connectivity index (χ1n) is 7.87. The van der Waals surface area contributed by atoms with E-state index in [4.69, 9.17) is 4.74 Å². The second-order valence-electron chi connectivity index (χ2n) is 5.52. The number of fused-ring (bicyclic) bond motifs is 2. The number of rotatable bonds is 4. The molecule has 0 atom stereocenters. The summed E-state index contributed by atoms with van der Waals surface area (Å²) < 4.78 is 20.4. The maximum atomic E-state index is 14.9. The van der Waals surface area contributed by atoms with Crippen molar-refractivity contribution in [2.45, 2.75) is 13.8 Å². The van der Waals surface area contributed by atoms with Crippen molar-refractivity contribution < 1.29 is 9.13 Å². The first-order chi connectivity index (χ1) is 12.1. The highest BCUT2D eigenvalue weighted by atomic mass is 32.1. The summed E-state index contributed by atoms with van der Waals surface area (Å²) in [5.41, 5.74) is 3.24. The molecule has 6 nitrogen and oxygen atoms in total. The van der Waals surface area contributed by atoms with Gasteiger partial charge in [0.2, 0.25) is 0 Å². The zero-order chi connectivity index (χ0) is 17.6. The minimum atomic E-state index is -0.393. The molecular weight excluding hydrogens is 341 g/mol. The molecule has 0 aliphatic heterocycles. The number of ether oxygens (including phenoxy) is 1. The Kier molecular flexibility index (Phi) is 3.76. The number of nitrogens with one attached hydrogen (secondary N) is 2. The van der Waals surface area contributed by atoms with Gasteiger partial charge >= 0.3 is 0 Å². The van der Waals surface area contributed by atoms with Gasteiger partial charge in [-0.15, -0.1) is 0 Å². The highest BCUT2D eigenvalue weighted by Gasteiger charge is 2.21. The van der Waals surface area contributed by atoms with E-state index in [0.717, 1.165) is 20.9 Å². The molecule has 3 heterocycles. The number of thiazole rings is 1. The summed E-state index contributed by atoms with van der Waals surface area (Å²) in [7, 11) is 1.82. The van der Waals surface area contributed by atoms with Crippen LogP contribution in [-0.2, 0) is 0 Å². The molecule has 0 saturated heterocycles. The molecule has 0 fully saturated rings. The Balaban J connectivity index is 1.99. The second kappa shape index (κ2) is 5.96. The van der Waals surface area contributed by atoms with Gasteiger partial charge in [-0.3, -0.25) is 5.10 Å². The van der Waals surface area contributed by atoms with Gasteiger partial charge in [0.05, 0.1) is 18.5 Å². The molecule has 0 aliphatic carbocycles. The van der Waals surface area contributed by atoms with Crippen molar-refractivity contribution in [1.29, 1.82) is 0 Å². The highest BCUT2D eigenvalue weighted by Crippen LogP contribution is 2.39. The van der Waals surface area contributed by atoms with Crippen LogP contribution in [0.3, 0.4) is 0 Å². The molecule has 1 aromatic carbocycles. The first kappa shape index (κ1) is 15.8. The third kappa shape index (κ3) is 2.41. The lowest BCUT2D eigenvalue weighted by molar-refractivity contribution is 0.324. The molecule has 0 bridgehead atoms. The van der Waals surface area contributed by atoms with Gasteiger partial charge in [-0.2, -0.15) is 5.10 Å². The van der Waals surface area contributed by atoms with E-state index in [1.54, 1.807) is 13.1 Å². The predicted octanol–water partition coefficient (Wildman–Crippen LogP) is 4.12. The van der Waals surface area contributed by atoms with Gasteiger partial charge in [-0.25, -0.2) is 14.4 Å². The lowest BCUT2D eigenvalue weighted by Crippen LogP contribution is -2.00. The third-order valence-electron chi connectivity index (χ3n) is 4.05. The summed E-state index contributed by atoms with van der Waals surface area (Å²) in [6.07, 6.45) is 1.68. The lowest BCUT2D eigenvalue weighted by Gasteiger charge is -2.13. The highest BCUT2D eigenvalue weighted by molar-refractivity contribution is 7.21. The topological polar surface area (TPSA) is 75.7 Å². The molecule has 0 spiro atoms. The summed E-state index contributed by atoms with van der Waals surface area (Å²) in [5, 5.41) is 11.5. The fraction of sp³-hybridized carbons (Fsp3) is 0.235. The minimum Gasteiger partial charge on any atom is -0.489 e. The van der Waals surface area contributed by atoms with E-state index in [2.05, 4.69) is 25.5 Å². The summed E-state index contributed by atoms with van der Waals surface area (Å²) in [5.74, 6) is -0.191. The fourth-order valence-corrected chi connectivity index (χ4v) is 3.71. The number of H-pyrrole nitrogens is 1. The smallest absolute Gasteiger partial charge is 0.185 e. The summed E-state index contributed by atoms with van der Waals surface area (Å²) in [6.45, 7) is 3.93. The molecule has 0 aliphatic rings. The average Bonchev–Trinajstić information content (AvgIpc) is 3.25. The van der Waals surface area contributed by atoms with Crippen LogP contribution in [0.25, 0.3) is 32.5 Å². The second-order valence-corrected chi connectivity index (χ2v) is 6.50. The standard InChI is InChI=1S/C17H16FN5OS/c1-4-24-15-13(18)8(2)12(9-7-20-23-14(9)15)10-5-6-11-16(21-10)25-17(19-3)22-11/h5-7H,4H2,1-3H3,(H,19,22)(H,20,23). The largest absolute Gasteiger partial charge is 0.489 e. The SMILES string of the molecule is CCOc1c(F)c(C)c(-c2ccc3nc(NC)sc3n2)c2cn[nH]c12. The first-order valence-corrected chi connectivity index (χ1v) is 8.69. The van der Waals surface area contributed by atoms with Crippen molar-refractivity contribution in [3.8, 4) is 17.0 Å². The van der Waals surface area contributed by atoms with Crippen LogP contribution >= 0.6 is 11.3 Å². The normalized spacial score (nSPS) is 11.4. The fourth-order valence-electron chi connectivity index (χ4n) is 2.91. The van der Waals surface area contributed by atoms with E-state index in [-0.39, 0.29) is 5.75 Å². The maximum absolute atomic E-state index is 14.9. The van der Waals surface area contributed by atoms with E-state index in [0.29, 0.717) is 28.9 Å². The lowest BCUT2D eigenvalue weighted by atomic mass is 9.99. The Bertz CT molecular complexity index is 1090. The van der Waals surface area contributed by atoms with Crippen LogP contribution in [0.2, 0.25) is 0 Å². The number of hydrogen-bond donors (Lipinski definition) is 2. The van der Waals surface area contributed by atoms with Gasteiger partial charge < -0.3 is 10.1 Å². The molecular formula is C17H16FN5OS. The molecule has 8 heteroatoms. The number of aromatic amines is 1. The van der Waals surface area contributed by atoms with Crippen molar-refractivity contribution in [2.24, 2.45) is 0 Å². The number of nitrogens with zero attached hydrogens (tertiary/aromatic N) is 3. The van der Waals surface area contributed by atoms with E-state index in [1.165, 1.54) is 11.3 Å². The average molecular weight is 357 g/mol.